The molecular weight excluding hydrogens is 178 g/mol. The van der Waals surface area contributed by atoms with Crippen LogP contribution in [0, 0.1) is 13.8 Å². The lowest BCUT2D eigenvalue weighted by Gasteiger charge is -2.24. The summed E-state index contributed by atoms with van der Waals surface area (Å²) in [6, 6.07) is 0. The molecule has 0 aliphatic heterocycles. The zero-order valence-corrected chi connectivity index (χ0v) is 9.59. The van der Waals surface area contributed by atoms with E-state index in [0.29, 0.717) is 6.54 Å². The zero-order valence-electron chi connectivity index (χ0n) is 9.59. The molecule has 1 aromatic heterocycles. The zero-order chi connectivity index (χ0) is 10.9. The smallest absolute Gasteiger partial charge is 0.163 e. The van der Waals surface area contributed by atoms with Gasteiger partial charge in [0.2, 0.25) is 0 Å². The van der Waals surface area contributed by atoms with E-state index >= 15 is 0 Å². The molecular formula is C10H19N3O. The summed E-state index contributed by atoms with van der Waals surface area (Å²) < 4.78 is 7.64. The number of aryl methyl sites for hydroxylation is 2. The average Bonchev–Trinajstić information content (AvgIpc) is 2.32. The second-order valence-electron chi connectivity index (χ2n) is 4.19. The molecule has 0 radical (unpaired) electrons. The third-order valence-electron chi connectivity index (χ3n) is 2.31. The van der Waals surface area contributed by atoms with Gasteiger partial charge in [-0.25, -0.2) is 0 Å². The van der Waals surface area contributed by atoms with Gasteiger partial charge in [0.1, 0.15) is 11.3 Å². The molecule has 1 rings (SSSR count). The van der Waals surface area contributed by atoms with Crippen LogP contribution in [0.15, 0.2) is 0 Å². The normalized spacial score (nSPS) is 11.9. The molecule has 0 fully saturated rings. The van der Waals surface area contributed by atoms with Crippen LogP contribution in [0.5, 0.6) is 5.75 Å². The van der Waals surface area contributed by atoms with Crippen LogP contribution in [0.2, 0.25) is 0 Å². The molecule has 4 nitrogen and oxygen atoms in total. The summed E-state index contributed by atoms with van der Waals surface area (Å²) in [6.07, 6.45) is 0. The fourth-order valence-corrected chi connectivity index (χ4v) is 1.22. The topological polar surface area (TPSA) is 53.1 Å². The first-order chi connectivity index (χ1) is 6.37. The Morgan fingerprint density at radius 2 is 2.00 bits per heavy atom. The molecule has 0 unspecified atom stereocenters. The Balaban J connectivity index is 2.97. The highest BCUT2D eigenvalue weighted by atomic mass is 16.5. The van der Waals surface area contributed by atoms with Crippen molar-refractivity contribution in [3.63, 3.8) is 0 Å². The van der Waals surface area contributed by atoms with Crippen LogP contribution in [0.3, 0.4) is 0 Å². The summed E-state index contributed by atoms with van der Waals surface area (Å²) in [7, 11) is 1.91. The molecule has 0 bridgehead atoms. The Morgan fingerprint density at radius 3 is 2.36 bits per heavy atom. The SMILES string of the molecule is Cc1nn(C)c(C)c1OC(C)(C)CN. The molecule has 1 aromatic rings. The van der Waals surface area contributed by atoms with Gasteiger partial charge in [0.15, 0.2) is 5.75 Å². The number of hydrogen-bond acceptors (Lipinski definition) is 3. The van der Waals surface area contributed by atoms with Crippen molar-refractivity contribution in [3.8, 4) is 5.75 Å². The summed E-state index contributed by atoms with van der Waals surface area (Å²) in [5, 5.41) is 4.28. The van der Waals surface area contributed by atoms with Crippen LogP contribution in [-0.4, -0.2) is 21.9 Å². The van der Waals surface area contributed by atoms with Crippen molar-refractivity contribution in [2.75, 3.05) is 6.54 Å². The minimum atomic E-state index is -0.335. The molecule has 0 saturated heterocycles. The minimum absolute atomic E-state index is 0.335. The van der Waals surface area contributed by atoms with Crippen molar-refractivity contribution < 1.29 is 4.74 Å². The molecule has 80 valence electrons. The van der Waals surface area contributed by atoms with Gasteiger partial charge < -0.3 is 10.5 Å². The lowest BCUT2D eigenvalue weighted by atomic mass is 10.1. The molecule has 0 amide bonds. The third kappa shape index (κ3) is 2.07. The predicted octanol–water partition coefficient (Wildman–Crippen LogP) is 1.15. The lowest BCUT2D eigenvalue weighted by molar-refractivity contribution is 0.116. The first-order valence-corrected chi connectivity index (χ1v) is 4.76. The summed E-state index contributed by atoms with van der Waals surface area (Å²) in [5.74, 6) is 0.850. The Hall–Kier alpha value is -1.03. The van der Waals surface area contributed by atoms with E-state index in [0.717, 1.165) is 17.1 Å². The predicted molar refractivity (Wildman–Crippen MR) is 56.4 cm³/mol. The van der Waals surface area contributed by atoms with Crippen molar-refractivity contribution in [3.05, 3.63) is 11.4 Å². The van der Waals surface area contributed by atoms with Crippen LogP contribution in [0.1, 0.15) is 25.2 Å². The highest BCUT2D eigenvalue weighted by molar-refractivity contribution is 5.32. The number of aromatic nitrogens is 2. The quantitative estimate of drug-likeness (QED) is 0.791. The van der Waals surface area contributed by atoms with E-state index in [2.05, 4.69) is 5.10 Å². The van der Waals surface area contributed by atoms with Crippen LogP contribution in [0.4, 0.5) is 0 Å². The van der Waals surface area contributed by atoms with Gasteiger partial charge in [-0.15, -0.1) is 0 Å². The fraction of sp³-hybridized carbons (Fsp3) is 0.700. The summed E-state index contributed by atoms with van der Waals surface area (Å²) in [5.41, 5.74) is 7.21. The number of rotatable bonds is 3. The monoisotopic (exact) mass is 197 g/mol. The highest BCUT2D eigenvalue weighted by Crippen LogP contribution is 2.25. The highest BCUT2D eigenvalue weighted by Gasteiger charge is 2.21. The largest absolute Gasteiger partial charge is 0.483 e. The van der Waals surface area contributed by atoms with E-state index in [4.69, 9.17) is 10.5 Å². The first kappa shape index (κ1) is 11.0. The van der Waals surface area contributed by atoms with Crippen molar-refractivity contribution >= 4 is 0 Å². The molecule has 0 aliphatic carbocycles. The van der Waals surface area contributed by atoms with E-state index in [1.165, 1.54) is 0 Å². The van der Waals surface area contributed by atoms with E-state index in [-0.39, 0.29) is 5.60 Å². The van der Waals surface area contributed by atoms with Gasteiger partial charge in [-0.2, -0.15) is 5.10 Å². The first-order valence-electron chi connectivity index (χ1n) is 4.76. The second kappa shape index (κ2) is 3.61. The fourth-order valence-electron chi connectivity index (χ4n) is 1.22. The van der Waals surface area contributed by atoms with Gasteiger partial charge >= 0.3 is 0 Å². The molecule has 1 heterocycles. The van der Waals surface area contributed by atoms with Crippen LogP contribution >= 0.6 is 0 Å². The van der Waals surface area contributed by atoms with Crippen molar-refractivity contribution in [1.29, 1.82) is 0 Å². The molecule has 14 heavy (non-hydrogen) atoms. The van der Waals surface area contributed by atoms with Gasteiger partial charge in [-0.3, -0.25) is 4.68 Å². The molecule has 0 aliphatic rings. The minimum Gasteiger partial charge on any atom is -0.483 e. The number of ether oxygens (including phenoxy) is 1. The summed E-state index contributed by atoms with van der Waals surface area (Å²) >= 11 is 0. The van der Waals surface area contributed by atoms with Crippen LogP contribution in [-0.2, 0) is 7.05 Å². The standard InChI is InChI=1S/C10H19N3O/c1-7-9(8(2)13(5)12-7)14-10(3,4)6-11/h6,11H2,1-5H3. The van der Waals surface area contributed by atoms with Crippen molar-refractivity contribution in [2.45, 2.75) is 33.3 Å². The van der Waals surface area contributed by atoms with Gasteiger partial charge in [0.05, 0.1) is 5.69 Å². The Morgan fingerprint density at radius 1 is 1.43 bits per heavy atom. The maximum absolute atomic E-state index is 5.83. The van der Waals surface area contributed by atoms with Gasteiger partial charge in [-0.05, 0) is 27.7 Å². The van der Waals surface area contributed by atoms with Crippen molar-refractivity contribution in [1.82, 2.24) is 9.78 Å². The summed E-state index contributed by atoms with van der Waals surface area (Å²) in [6.45, 7) is 8.36. The molecule has 0 aromatic carbocycles. The molecule has 0 saturated carbocycles. The van der Waals surface area contributed by atoms with E-state index in [1.807, 2.05) is 39.4 Å². The average molecular weight is 197 g/mol. The Kier molecular flexibility index (Phi) is 2.85. The van der Waals surface area contributed by atoms with Gasteiger partial charge in [-0.1, -0.05) is 0 Å². The summed E-state index contributed by atoms with van der Waals surface area (Å²) in [4.78, 5) is 0. The van der Waals surface area contributed by atoms with Gasteiger partial charge in [0, 0.05) is 13.6 Å². The van der Waals surface area contributed by atoms with Crippen molar-refractivity contribution in [2.24, 2.45) is 12.8 Å². The molecule has 0 spiro atoms. The van der Waals surface area contributed by atoms with Crippen LogP contribution in [0.25, 0.3) is 0 Å². The molecule has 4 heteroatoms. The molecule has 0 atom stereocenters. The number of nitrogens with zero attached hydrogens (tertiary/aromatic N) is 2. The number of nitrogens with two attached hydrogens (primary N) is 1. The van der Waals surface area contributed by atoms with E-state index < -0.39 is 0 Å². The molecule has 2 N–H and O–H groups in total. The maximum Gasteiger partial charge on any atom is 0.163 e. The van der Waals surface area contributed by atoms with Gasteiger partial charge in [0.25, 0.3) is 0 Å². The Labute approximate surface area is 85.0 Å². The lowest BCUT2D eigenvalue weighted by Crippen LogP contribution is -2.37. The number of hydrogen-bond donors (Lipinski definition) is 1. The van der Waals surface area contributed by atoms with E-state index in [9.17, 15) is 0 Å². The Bertz CT molecular complexity index is 328. The second-order valence-corrected chi connectivity index (χ2v) is 4.19. The third-order valence-corrected chi connectivity index (χ3v) is 2.31. The van der Waals surface area contributed by atoms with E-state index in [1.54, 1.807) is 0 Å². The maximum atomic E-state index is 5.83. The van der Waals surface area contributed by atoms with Crippen LogP contribution < -0.4 is 10.5 Å².